The summed E-state index contributed by atoms with van der Waals surface area (Å²) in [6.07, 6.45) is 1.15. The summed E-state index contributed by atoms with van der Waals surface area (Å²) >= 11 is 1.33. The molecule has 1 aromatic carbocycles. The maximum Gasteiger partial charge on any atom is 0.262 e. The molecule has 2 aliphatic heterocycles. The van der Waals surface area contributed by atoms with E-state index in [0.717, 1.165) is 15.5 Å². The lowest BCUT2D eigenvalue weighted by Crippen LogP contribution is -2.45. The number of rotatable bonds is 5. The standard InChI is InChI=1S/C22H24N4O4S/c1-12(2)10-18(27)25-9-8-16-17(11-25)31-22(23-16)24-19(28)13(3)26-20(29)14-6-4-5-7-15(14)21(26)30/h4-7,12-13H,8-11H2,1-3H3,(H,23,24,28). The van der Waals surface area contributed by atoms with Crippen LogP contribution >= 0.6 is 11.3 Å². The van der Waals surface area contributed by atoms with Crippen molar-refractivity contribution in [3.8, 4) is 0 Å². The van der Waals surface area contributed by atoms with E-state index in [1.54, 1.807) is 24.3 Å². The van der Waals surface area contributed by atoms with Gasteiger partial charge in [-0.3, -0.25) is 24.1 Å². The minimum Gasteiger partial charge on any atom is -0.337 e. The molecule has 8 nitrogen and oxygen atoms in total. The highest BCUT2D eigenvalue weighted by molar-refractivity contribution is 7.15. The van der Waals surface area contributed by atoms with Crippen molar-refractivity contribution < 1.29 is 19.2 Å². The van der Waals surface area contributed by atoms with Crippen LogP contribution in [0.4, 0.5) is 5.13 Å². The smallest absolute Gasteiger partial charge is 0.262 e. The molecule has 162 valence electrons. The molecule has 0 fully saturated rings. The number of nitrogens with zero attached hydrogens (tertiary/aromatic N) is 3. The first kappa shape index (κ1) is 21.2. The highest BCUT2D eigenvalue weighted by Crippen LogP contribution is 2.30. The normalized spacial score (nSPS) is 16.4. The molecule has 0 radical (unpaired) electrons. The summed E-state index contributed by atoms with van der Waals surface area (Å²) in [5.74, 6) is -0.997. The molecule has 0 saturated heterocycles. The Morgan fingerprint density at radius 1 is 1.13 bits per heavy atom. The van der Waals surface area contributed by atoms with E-state index < -0.39 is 23.8 Å². The molecule has 0 saturated carbocycles. The van der Waals surface area contributed by atoms with Gasteiger partial charge in [-0.05, 0) is 25.0 Å². The predicted octanol–water partition coefficient (Wildman–Crippen LogP) is 2.70. The highest BCUT2D eigenvalue weighted by Gasteiger charge is 2.40. The van der Waals surface area contributed by atoms with Crippen LogP contribution in [0.3, 0.4) is 0 Å². The van der Waals surface area contributed by atoms with Gasteiger partial charge in [0.05, 0.1) is 23.4 Å². The number of thiazole rings is 1. The molecular formula is C22H24N4O4S. The Balaban J connectivity index is 1.44. The van der Waals surface area contributed by atoms with Crippen LogP contribution in [0.15, 0.2) is 24.3 Å². The first-order chi connectivity index (χ1) is 14.8. The zero-order chi connectivity index (χ0) is 22.3. The monoisotopic (exact) mass is 440 g/mol. The van der Waals surface area contributed by atoms with Crippen LogP contribution in [0.2, 0.25) is 0 Å². The minimum absolute atomic E-state index is 0.124. The summed E-state index contributed by atoms with van der Waals surface area (Å²) in [6, 6.07) is 5.57. The lowest BCUT2D eigenvalue weighted by atomic mass is 10.1. The lowest BCUT2D eigenvalue weighted by Gasteiger charge is -2.26. The number of imide groups is 1. The van der Waals surface area contributed by atoms with Crippen molar-refractivity contribution in [3.63, 3.8) is 0 Å². The summed E-state index contributed by atoms with van der Waals surface area (Å²) in [7, 11) is 0. The number of nitrogens with one attached hydrogen (secondary N) is 1. The molecule has 2 aliphatic rings. The van der Waals surface area contributed by atoms with Crippen molar-refractivity contribution >= 4 is 40.1 Å². The molecule has 0 spiro atoms. The first-order valence-electron chi connectivity index (χ1n) is 10.3. The van der Waals surface area contributed by atoms with Crippen LogP contribution in [0.1, 0.15) is 58.5 Å². The summed E-state index contributed by atoms with van der Waals surface area (Å²) in [4.78, 5) is 58.6. The van der Waals surface area contributed by atoms with Gasteiger partial charge in [0.2, 0.25) is 11.8 Å². The number of benzene rings is 1. The van der Waals surface area contributed by atoms with Crippen LogP contribution in [-0.4, -0.2) is 51.0 Å². The van der Waals surface area contributed by atoms with Gasteiger partial charge in [0, 0.05) is 24.3 Å². The van der Waals surface area contributed by atoms with E-state index in [1.165, 1.54) is 18.3 Å². The van der Waals surface area contributed by atoms with Gasteiger partial charge in [-0.1, -0.05) is 37.3 Å². The predicted molar refractivity (Wildman–Crippen MR) is 116 cm³/mol. The van der Waals surface area contributed by atoms with Crippen molar-refractivity contribution in [2.24, 2.45) is 5.92 Å². The second kappa shape index (κ2) is 8.22. The number of hydrogen-bond acceptors (Lipinski definition) is 6. The number of aromatic nitrogens is 1. The number of anilines is 1. The van der Waals surface area contributed by atoms with Crippen LogP contribution < -0.4 is 5.32 Å². The Morgan fingerprint density at radius 2 is 1.77 bits per heavy atom. The van der Waals surface area contributed by atoms with Gasteiger partial charge in [0.1, 0.15) is 6.04 Å². The van der Waals surface area contributed by atoms with Crippen molar-refractivity contribution in [2.75, 3.05) is 11.9 Å². The Hall–Kier alpha value is -3.07. The fourth-order valence-corrected chi connectivity index (χ4v) is 4.85. The Bertz CT molecular complexity index is 1040. The largest absolute Gasteiger partial charge is 0.337 e. The second-order valence-electron chi connectivity index (χ2n) is 8.24. The third-order valence-electron chi connectivity index (χ3n) is 5.49. The fourth-order valence-electron chi connectivity index (χ4n) is 3.83. The lowest BCUT2D eigenvalue weighted by molar-refractivity contribution is -0.132. The quantitative estimate of drug-likeness (QED) is 0.721. The molecule has 1 unspecified atom stereocenters. The van der Waals surface area contributed by atoms with Crippen LogP contribution in [0.25, 0.3) is 0 Å². The van der Waals surface area contributed by atoms with Gasteiger partial charge in [-0.15, -0.1) is 0 Å². The van der Waals surface area contributed by atoms with E-state index in [2.05, 4.69) is 10.3 Å². The molecule has 0 aliphatic carbocycles. The van der Waals surface area contributed by atoms with E-state index in [1.807, 2.05) is 18.7 Å². The van der Waals surface area contributed by atoms with E-state index in [4.69, 9.17) is 0 Å². The van der Waals surface area contributed by atoms with E-state index >= 15 is 0 Å². The molecular weight excluding hydrogens is 416 g/mol. The number of amides is 4. The zero-order valence-electron chi connectivity index (χ0n) is 17.7. The maximum absolute atomic E-state index is 12.8. The van der Waals surface area contributed by atoms with Gasteiger partial charge in [0.15, 0.2) is 5.13 Å². The third-order valence-corrected chi connectivity index (χ3v) is 6.49. The number of carbonyl (C=O) groups is 4. The van der Waals surface area contributed by atoms with E-state index in [0.29, 0.717) is 48.1 Å². The van der Waals surface area contributed by atoms with Crippen molar-refractivity contribution in [1.29, 1.82) is 0 Å². The van der Waals surface area contributed by atoms with Gasteiger partial charge in [-0.25, -0.2) is 4.98 Å². The van der Waals surface area contributed by atoms with Crippen molar-refractivity contribution in [1.82, 2.24) is 14.8 Å². The first-order valence-corrected chi connectivity index (χ1v) is 11.1. The molecule has 1 atom stereocenters. The summed E-state index contributed by atoms with van der Waals surface area (Å²) < 4.78 is 0. The number of fused-ring (bicyclic) bond motifs is 2. The van der Waals surface area contributed by atoms with Gasteiger partial charge in [0.25, 0.3) is 11.8 Å². The Kier molecular flexibility index (Phi) is 5.62. The summed E-state index contributed by atoms with van der Waals surface area (Å²) in [6.45, 7) is 6.66. The Morgan fingerprint density at radius 3 is 2.39 bits per heavy atom. The second-order valence-corrected chi connectivity index (χ2v) is 9.33. The van der Waals surface area contributed by atoms with Gasteiger partial charge < -0.3 is 10.2 Å². The fraction of sp³-hybridized carbons (Fsp3) is 0.409. The Labute approximate surface area is 184 Å². The SMILES string of the molecule is CC(C)CC(=O)N1CCc2nc(NC(=O)C(C)N3C(=O)c4ccccc4C3=O)sc2C1. The average molecular weight is 441 g/mol. The maximum atomic E-state index is 12.8. The van der Waals surface area contributed by atoms with E-state index in [9.17, 15) is 19.2 Å². The van der Waals surface area contributed by atoms with Crippen molar-refractivity contribution in [2.45, 2.75) is 46.2 Å². The molecule has 0 bridgehead atoms. The highest BCUT2D eigenvalue weighted by atomic mass is 32.1. The molecule has 3 heterocycles. The van der Waals surface area contributed by atoms with Gasteiger partial charge >= 0.3 is 0 Å². The van der Waals surface area contributed by atoms with Gasteiger partial charge in [-0.2, -0.15) is 0 Å². The van der Waals surface area contributed by atoms with E-state index in [-0.39, 0.29) is 5.91 Å². The zero-order valence-corrected chi connectivity index (χ0v) is 18.5. The molecule has 1 N–H and O–H groups in total. The molecule has 1 aromatic heterocycles. The average Bonchev–Trinajstić information content (AvgIpc) is 3.24. The molecule has 2 aromatic rings. The van der Waals surface area contributed by atoms with Crippen LogP contribution in [-0.2, 0) is 22.6 Å². The van der Waals surface area contributed by atoms with Crippen LogP contribution in [0.5, 0.6) is 0 Å². The number of hydrogen-bond donors (Lipinski definition) is 1. The van der Waals surface area contributed by atoms with Crippen molar-refractivity contribution in [3.05, 3.63) is 46.0 Å². The molecule has 9 heteroatoms. The van der Waals surface area contributed by atoms with Crippen LogP contribution in [0, 0.1) is 5.92 Å². The summed E-state index contributed by atoms with van der Waals surface area (Å²) in [5, 5.41) is 3.15. The third kappa shape index (κ3) is 3.97. The minimum atomic E-state index is -0.975. The summed E-state index contributed by atoms with van der Waals surface area (Å²) in [5.41, 5.74) is 1.49. The molecule has 4 amide bonds. The molecule has 4 rings (SSSR count). The number of carbonyl (C=O) groups excluding carboxylic acids is 4. The topological polar surface area (TPSA) is 99.7 Å². The molecule has 31 heavy (non-hydrogen) atoms.